The fourth-order valence-corrected chi connectivity index (χ4v) is 4.63. The molecule has 136 valence electrons. The highest BCUT2D eigenvalue weighted by Crippen LogP contribution is 2.26. The van der Waals surface area contributed by atoms with Gasteiger partial charge < -0.3 is 9.73 Å². The van der Waals surface area contributed by atoms with Crippen molar-refractivity contribution in [2.24, 2.45) is 0 Å². The molecule has 0 saturated carbocycles. The monoisotopic (exact) mass is 409 g/mol. The van der Waals surface area contributed by atoms with Crippen molar-refractivity contribution in [3.8, 4) is 0 Å². The Balaban J connectivity index is 1.75. The van der Waals surface area contributed by atoms with Crippen LogP contribution in [0.15, 0.2) is 76.2 Å². The van der Waals surface area contributed by atoms with Crippen LogP contribution in [-0.4, -0.2) is 20.7 Å². The molecule has 4 nitrogen and oxygen atoms in total. The molecule has 1 heterocycles. The van der Waals surface area contributed by atoms with E-state index in [2.05, 4.69) is 5.32 Å². The topological polar surface area (TPSA) is 59.3 Å². The molecule has 3 rings (SSSR count). The highest BCUT2D eigenvalue weighted by molar-refractivity contribution is 7.91. The number of furan rings is 1. The largest absolute Gasteiger partial charge is 0.467 e. The Bertz CT molecular complexity index is 958. The number of benzene rings is 2. The number of hydrogen-bond acceptors (Lipinski definition) is 4. The normalized spacial score (nSPS) is 12.8. The quantitative estimate of drug-likeness (QED) is 0.611. The maximum Gasteiger partial charge on any atom is 0.181 e. The first-order valence-corrected chi connectivity index (χ1v) is 10.4. The first-order chi connectivity index (χ1) is 12.5. The highest BCUT2D eigenvalue weighted by Gasteiger charge is 2.21. The zero-order valence-electron chi connectivity index (χ0n) is 13.7. The molecule has 0 amide bonds. The van der Waals surface area contributed by atoms with Crippen LogP contribution in [0.2, 0.25) is 10.0 Å². The van der Waals surface area contributed by atoms with E-state index in [1.807, 2.05) is 36.4 Å². The lowest BCUT2D eigenvalue weighted by atomic mass is 10.0. The summed E-state index contributed by atoms with van der Waals surface area (Å²) in [5.74, 6) is 0.603. The van der Waals surface area contributed by atoms with Crippen LogP contribution in [0.1, 0.15) is 17.4 Å². The molecule has 0 bridgehead atoms. The van der Waals surface area contributed by atoms with Crippen LogP contribution in [0.4, 0.5) is 0 Å². The summed E-state index contributed by atoms with van der Waals surface area (Å²) in [5, 5.41) is 3.75. The summed E-state index contributed by atoms with van der Waals surface area (Å²) in [6.45, 7) is 0.228. The van der Waals surface area contributed by atoms with E-state index in [4.69, 9.17) is 27.6 Å². The van der Waals surface area contributed by atoms with Gasteiger partial charge in [-0.2, -0.15) is 0 Å². The van der Waals surface area contributed by atoms with Gasteiger partial charge in [0.15, 0.2) is 9.84 Å². The van der Waals surface area contributed by atoms with Gasteiger partial charge in [0.1, 0.15) is 5.76 Å². The molecule has 2 aromatic carbocycles. The van der Waals surface area contributed by atoms with Gasteiger partial charge in [0, 0.05) is 11.6 Å². The summed E-state index contributed by atoms with van der Waals surface area (Å²) in [6.07, 6.45) is 1.59. The predicted octanol–water partition coefficient (Wildman–Crippen LogP) is 4.74. The van der Waals surface area contributed by atoms with Gasteiger partial charge in [-0.25, -0.2) is 8.42 Å². The van der Waals surface area contributed by atoms with E-state index in [-0.39, 0.29) is 28.3 Å². The third-order valence-electron chi connectivity index (χ3n) is 3.91. The minimum absolute atomic E-state index is 0.0442. The lowest BCUT2D eigenvalue weighted by Crippen LogP contribution is -2.28. The average molecular weight is 410 g/mol. The molecular formula is C19H17Cl2NO3S. The molecular weight excluding hydrogens is 393 g/mol. The summed E-state index contributed by atoms with van der Waals surface area (Å²) < 4.78 is 30.7. The Hall–Kier alpha value is -1.79. The second kappa shape index (κ2) is 8.27. The Labute approximate surface area is 162 Å². The second-order valence-electron chi connectivity index (χ2n) is 5.71. The number of nitrogens with one attached hydrogen (secondary N) is 1. The lowest BCUT2D eigenvalue weighted by molar-refractivity contribution is 0.452. The number of halogens is 2. The molecule has 0 saturated heterocycles. The minimum atomic E-state index is -3.57. The smallest absolute Gasteiger partial charge is 0.181 e. The molecule has 0 aliphatic rings. The number of hydrogen-bond donors (Lipinski definition) is 1. The maximum atomic E-state index is 12.6. The molecule has 1 atom stereocenters. The molecule has 3 aromatic rings. The molecule has 0 unspecified atom stereocenters. The van der Waals surface area contributed by atoms with E-state index in [9.17, 15) is 8.42 Å². The van der Waals surface area contributed by atoms with Crippen LogP contribution in [0, 0.1) is 0 Å². The van der Waals surface area contributed by atoms with Crippen LogP contribution < -0.4 is 5.32 Å². The van der Waals surface area contributed by atoms with E-state index < -0.39 is 9.84 Å². The summed E-state index contributed by atoms with van der Waals surface area (Å²) in [7, 11) is -3.57. The Morgan fingerprint density at radius 3 is 2.46 bits per heavy atom. The Kier molecular flexibility index (Phi) is 6.04. The van der Waals surface area contributed by atoms with Crippen molar-refractivity contribution < 1.29 is 12.8 Å². The minimum Gasteiger partial charge on any atom is -0.467 e. The van der Waals surface area contributed by atoms with Gasteiger partial charge in [-0.15, -0.1) is 0 Å². The molecule has 1 aromatic heterocycles. The van der Waals surface area contributed by atoms with Crippen LogP contribution in [0.5, 0.6) is 0 Å². The van der Waals surface area contributed by atoms with Crippen LogP contribution >= 0.6 is 23.2 Å². The van der Waals surface area contributed by atoms with Crippen molar-refractivity contribution in [3.63, 3.8) is 0 Å². The van der Waals surface area contributed by atoms with Crippen molar-refractivity contribution in [1.82, 2.24) is 5.32 Å². The van der Waals surface area contributed by atoms with Gasteiger partial charge in [0.2, 0.25) is 0 Å². The van der Waals surface area contributed by atoms with E-state index in [1.54, 1.807) is 18.4 Å². The molecule has 26 heavy (non-hydrogen) atoms. The third kappa shape index (κ3) is 4.48. The first kappa shape index (κ1) is 19.0. The lowest BCUT2D eigenvalue weighted by Gasteiger charge is -2.17. The van der Waals surface area contributed by atoms with Gasteiger partial charge >= 0.3 is 0 Å². The molecule has 0 aliphatic carbocycles. The Morgan fingerprint density at radius 1 is 1.00 bits per heavy atom. The fourth-order valence-electron chi connectivity index (χ4n) is 2.65. The van der Waals surface area contributed by atoms with Gasteiger partial charge in [0.05, 0.1) is 28.0 Å². The summed E-state index contributed by atoms with van der Waals surface area (Å²) in [5.41, 5.74) is 0.987. The van der Waals surface area contributed by atoms with E-state index in [1.165, 1.54) is 12.1 Å². The maximum absolute atomic E-state index is 12.6. The summed E-state index contributed by atoms with van der Waals surface area (Å²) in [4.78, 5) is 0.0442. The predicted molar refractivity (Wildman–Crippen MR) is 104 cm³/mol. The Morgan fingerprint density at radius 2 is 1.77 bits per heavy atom. The molecule has 7 heteroatoms. The van der Waals surface area contributed by atoms with Gasteiger partial charge in [-0.05, 0) is 35.9 Å². The average Bonchev–Trinajstić information content (AvgIpc) is 3.16. The second-order valence-corrected chi connectivity index (χ2v) is 8.63. The zero-order valence-corrected chi connectivity index (χ0v) is 16.1. The molecule has 0 aliphatic heterocycles. The van der Waals surface area contributed by atoms with Gasteiger partial charge in [-0.3, -0.25) is 0 Å². The van der Waals surface area contributed by atoms with Gasteiger partial charge in [-0.1, -0.05) is 53.5 Å². The third-order valence-corrected chi connectivity index (χ3v) is 6.33. The molecule has 0 fully saturated rings. The summed E-state index contributed by atoms with van der Waals surface area (Å²) in [6, 6.07) is 17.5. The van der Waals surface area contributed by atoms with E-state index in [0.717, 1.165) is 11.3 Å². The van der Waals surface area contributed by atoms with Crippen molar-refractivity contribution in [2.45, 2.75) is 10.9 Å². The van der Waals surface area contributed by atoms with Crippen LogP contribution in [0.3, 0.4) is 0 Å². The van der Waals surface area contributed by atoms with Crippen LogP contribution in [-0.2, 0) is 9.84 Å². The van der Waals surface area contributed by atoms with E-state index >= 15 is 0 Å². The number of rotatable bonds is 7. The zero-order chi connectivity index (χ0) is 18.6. The molecule has 0 spiro atoms. The van der Waals surface area contributed by atoms with Crippen molar-refractivity contribution in [3.05, 3.63) is 88.3 Å². The molecule has 0 radical (unpaired) electrons. The van der Waals surface area contributed by atoms with Crippen molar-refractivity contribution in [2.75, 3.05) is 12.3 Å². The molecule has 1 N–H and O–H groups in total. The first-order valence-electron chi connectivity index (χ1n) is 7.97. The standard InChI is InChI=1S/C19H17Cl2NO3S/c20-15-8-9-16(21)18(13-15)26(23,24)12-10-22-19(17-7-4-11-25-17)14-5-2-1-3-6-14/h1-9,11,13,19,22H,10,12H2/t19-/m0/s1. The van der Waals surface area contributed by atoms with Crippen LogP contribution in [0.25, 0.3) is 0 Å². The van der Waals surface area contributed by atoms with Crippen molar-refractivity contribution in [1.29, 1.82) is 0 Å². The summed E-state index contributed by atoms with van der Waals surface area (Å²) >= 11 is 11.9. The highest BCUT2D eigenvalue weighted by atomic mass is 35.5. The van der Waals surface area contributed by atoms with Crippen molar-refractivity contribution >= 4 is 33.0 Å². The number of sulfone groups is 1. The SMILES string of the molecule is O=S(=O)(CCN[C@@H](c1ccccc1)c1ccco1)c1cc(Cl)ccc1Cl. The van der Waals surface area contributed by atoms with Gasteiger partial charge in [0.25, 0.3) is 0 Å². The fraction of sp³-hybridized carbons (Fsp3) is 0.158. The van der Waals surface area contributed by atoms with E-state index in [0.29, 0.717) is 5.02 Å².